The highest BCUT2D eigenvalue weighted by atomic mass is 32.2. The van der Waals surface area contributed by atoms with Gasteiger partial charge in [-0.25, -0.2) is 22.0 Å². The molecule has 0 unspecified atom stereocenters. The number of carbonyl (C=O) groups is 2. The molecule has 2 fully saturated rings. The molecule has 0 bridgehead atoms. The highest BCUT2D eigenvalue weighted by molar-refractivity contribution is 7.92. The Morgan fingerprint density at radius 1 is 1.12 bits per heavy atom. The molecule has 0 radical (unpaired) electrons. The molecule has 1 spiro atoms. The summed E-state index contributed by atoms with van der Waals surface area (Å²) < 4.78 is 61.8. The van der Waals surface area contributed by atoms with Gasteiger partial charge in [-0.15, -0.1) is 0 Å². The van der Waals surface area contributed by atoms with E-state index in [9.17, 15) is 26.8 Å². The minimum Gasteiger partial charge on any atom is -0.444 e. The number of nitrogens with one attached hydrogen (secondary N) is 1. The van der Waals surface area contributed by atoms with Crippen LogP contribution in [0.25, 0.3) is 0 Å². The van der Waals surface area contributed by atoms with E-state index in [0.717, 1.165) is 67.3 Å². The van der Waals surface area contributed by atoms with Crippen LogP contribution in [0.3, 0.4) is 0 Å². The molecule has 1 saturated heterocycles. The maximum Gasteiger partial charge on any atom is 0.410 e. The molecule has 0 aromatic heterocycles. The maximum absolute atomic E-state index is 14.3. The van der Waals surface area contributed by atoms with Crippen LogP contribution in [0.1, 0.15) is 76.0 Å². The maximum atomic E-state index is 14.3. The number of sulfonamides is 1. The number of benzene rings is 2. The van der Waals surface area contributed by atoms with E-state index in [1.54, 1.807) is 17.0 Å². The topological polar surface area (TPSA) is 92.8 Å². The lowest BCUT2D eigenvalue weighted by Crippen LogP contribution is -2.41. The number of Topliss-reactive ketones (excluding diaryl/α,β-unsaturated/α-hetero) is 1. The highest BCUT2D eigenvalue weighted by Gasteiger charge is 2.51. The van der Waals surface area contributed by atoms with Gasteiger partial charge in [0.05, 0.1) is 5.41 Å². The Bertz CT molecular complexity index is 1440. The summed E-state index contributed by atoms with van der Waals surface area (Å²) in [5.41, 5.74) is 1.94. The molecule has 10 heteroatoms. The Hall–Kier alpha value is -3.01. The lowest BCUT2D eigenvalue weighted by atomic mass is 9.64. The number of carbonyl (C=O) groups excluding carboxylic acids is 2. The first-order valence-electron chi connectivity index (χ1n) is 13.9. The van der Waals surface area contributed by atoms with Crippen LogP contribution in [0.15, 0.2) is 35.2 Å². The second kappa shape index (κ2) is 10.4. The number of ether oxygens (including phenoxy) is 1. The van der Waals surface area contributed by atoms with Crippen molar-refractivity contribution in [2.75, 3.05) is 17.8 Å². The first kappa shape index (κ1) is 28.5. The second-order valence-corrected chi connectivity index (χ2v) is 14.0. The van der Waals surface area contributed by atoms with Crippen LogP contribution in [0.2, 0.25) is 0 Å². The Kier molecular flexibility index (Phi) is 7.44. The standard InChI is InChI=1S/C30H36F2N2O5S/c1-29(2,3)39-28(36)34-13-9-19(10-14-34)5-6-20-15-22(17-24-23(20)18-27(35)30(24)11-4-12-30)33-40(37,38)26-8-7-21(31)16-25(26)32/h7-8,15-17,19,33H,4-6,9-14,18H2,1-3H3. The summed E-state index contributed by atoms with van der Waals surface area (Å²) >= 11 is 0. The molecular weight excluding hydrogens is 538 g/mol. The number of likely N-dealkylation sites (tertiary alicyclic amines) is 1. The third-order valence-corrected chi connectivity index (χ3v) is 9.87. The summed E-state index contributed by atoms with van der Waals surface area (Å²) in [4.78, 5) is 26.6. The molecule has 1 amide bonds. The predicted molar refractivity (Wildman–Crippen MR) is 147 cm³/mol. The lowest BCUT2D eigenvalue weighted by Gasteiger charge is -2.38. The fraction of sp³-hybridized carbons (Fsp3) is 0.533. The Balaban J connectivity index is 1.35. The van der Waals surface area contributed by atoms with Crippen LogP contribution in [-0.4, -0.2) is 43.9 Å². The number of anilines is 1. The van der Waals surface area contributed by atoms with Gasteiger partial charge < -0.3 is 9.64 Å². The number of rotatable bonds is 6. The summed E-state index contributed by atoms with van der Waals surface area (Å²) in [5.74, 6) is -1.49. The van der Waals surface area contributed by atoms with E-state index in [0.29, 0.717) is 37.9 Å². The smallest absolute Gasteiger partial charge is 0.410 e. The number of halogens is 2. The van der Waals surface area contributed by atoms with E-state index in [4.69, 9.17) is 4.74 Å². The first-order valence-corrected chi connectivity index (χ1v) is 15.4. The molecule has 2 aliphatic carbocycles. The third-order valence-electron chi connectivity index (χ3n) is 8.46. The van der Waals surface area contributed by atoms with Crippen molar-refractivity contribution in [3.05, 3.63) is 58.7 Å². The average molecular weight is 575 g/mol. The van der Waals surface area contributed by atoms with Crippen LogP contribution < -0.4 is 4.72 Å². The van der Waals surface area contributed by atoms with Gasteiger partial charge >= 0.3 is 6.09 Å². The van der Waals surface area contributed by atoms with Gasteiger partial charge in [0.2, 0.25) is 0 Å². The zero-order chi connectivity index (χ0) is 28.9. The van der Waals surface area contributed by atoms with Gasteiger partial charge in [-0.2, -0.15) is 0 Å². The van der Waals surface area contributed by atoms with Gasteiger partial charge in [-0.3, -0.25) is 9.52 Å². The van der Waals surface area contributed by atoms with E-state index in [1.165, 1.54) is 0 Å². The van der Waals surface area contributed by atoms with Crippen LogP contribution >= 0.6 is 0 Å². The van der Waals surface area contributed by atoms with Gasteiger partial charge in [0.25, 0.3) is 10.0 Å². The van der Waals surface area contributed by atoms with Crippen LogP contribution in [-0.2, 0) is 37.8 Å². The van der Waals surface area contributed by atoms with Crippen LogP contribution in [0.4, 0.5) is 19.3 Å². The largest absolute Gasteiger partial charge is 0.444 e. The molecule has 3 aliphatic rings. The number of fused-ring (bicyclic) bond motifs is 2. The summed E-state index contributed by atoms with van der Waals surface area (Å²) in [6.07, 6.45) is 5.61. The number of hydrogen-bond donors (Lipinski definition) is 1. The zero-order valence-electron chi connectivity index (χ0n) is 23.2. The van der Waals surface area contributed by atoms with E-state index in [1.807, 2.05) is 20.8 Å². The van der Waals surface area contributed by atoms with Crippen molar-refractivity contribution in [1.29, 1.82) is 0 Å². The number of nitrogens with zero attached hydrogens (tertiary/aromatic N) is 1. The monoisotopic (exact) mass is 574 g/mol. The van der Waals surface area contributed by atoms with Crippen molar-refractivity contribution in [3.63, 3.8) is 0 Å². The van der Waals surface area contributed by atoms with Crippen molar-refractivity contribution in [2.45, 2.75) is 88.0 Å². The van der Waals surface area contributed by atoms with Crippen molar-refractivity contribution in [3.8, 4) is 0 Å². The summed E-state index contributed by atoms with van der Waals surface area (Å²) in [6.45, 7) is 6.77. The number of amides is 1. The molecule has 216 valence electrons. The van der Waals surface area contributed by atoms with E-state index in [-0.39, 0.29) is 17.6 Å². The first-order chi connectivity index (χ1) is 18.8. The lowest BCUT2D eigenvalue weighted by molar-refractivity contribution is -0.125. The molecule has 1 heterocycles. The van der Waals surface area contributed by atoms with Gasteiger partial charge in [0, 0.05) is 31.3 Å². The normalized spacial score (nSPS) is 18.9. The molecule has 7 nitrogen and oxygen atoms in total. The van der Waals surface area contributed by atoms with Crippen molar-refractivity contribution >= 4 is 27.6 Å². The SMILES string of the molecule is CC(C)(C)OC(=O)N1CCC(CCc2cc(NS(=O)(=O)c3ccc(F)cc3F)cc3c2CC(=O)C32CCC2)CC1. The number of aryl methyl sites for hydroxylation is 1. The van der Waals surface area contributed by atoms with Gasteiger partial charge in [-0.1, -0.05) is 6.42 Å². The number of ketones is 1. The fourth-order valence-electron chi connectivity index (χ4n) is 6.20. The van der Waals surface area contributed by atoms with E-state index in [2.05, 4.69) is 4.72 Å². The minimum atomic E-state index is -4.32. The summed E-state index contributed by atoms with van der Waals surface area (Å²) in [5, 5.41) is 0. The third kappa shape index (κ3) is 5.60. The summed E-state index contributed by atoms with van der Waals surface area (Å²) in [6, 6.07) is 5.82. The molecule has 1 aliphatic heterocycles. The van der Waals surface area contributed by atoms with Crippen molar-refractivity contribution in [1.82, 2.24) is 4.90 Å². The van der Waals surface area contributed by atoms with Crippen molar-refractivity contribution < 1.29 is 31.5 Å². The Morgan fingerprint density at radius 3 is 2.42 bits per heavy atom. The van der Waals surface area contributed by atoms with E-state index >= 15 is 0 Å². The molecule has 1 N–H and O–H groups in total. The number of hydrogen-bond acceptors (Lipinski definition) is 5. The van der Waals surface area contributed by atoms with Crippen LogP contribution in [0, 0.1) is 17.6 Å². The van der Waals surface area contributed by atoms with E-state index < -0.39 is 37.6 Å². The summed E-state index contributed by atoms with van der Waals surface area (Å²) in [7, 11) is -4.32. The minimum absolute atomic E-state index is 0.172. The van der Waals surface area contributed by atoms with Gasteiger partial charge in [0.15, 0.2) is 0 Å². The molecule has 2 aromatic carbocycles. The molecule has 0 atom stereocenters. The molecule has 2 aromatic rings. The number of piperidine rings is 1. The average Bonchev–Trinajstić information content (AvgIpc) is 3.13. The van der Waals surface area contributed by atoms with Gasteiger partial charge in [-0.05, 0) is 106 Å². The fourth-order valence-corrected chi connectivity index (χ4v) is 7.30. The Morgan fingerprint density at radius 2 is 1.82 bits per heavy atom. The molecule has 40 heavy (non-hydrogen) atoms. The molecule has 5 rings (SSSR count). The quantitative estimate of drug-likeness (QED) is 0.464. The molecule has 1 saturated carbocycles. The molecular formula is C30H36F2N2O5S. The van der Waals surface area contributed by atoms with Crippen molar-refractivity contribution in [2.24, 2.45) is 5.92 Å². The van der Waals surface area contributed by atoms with Gasteiger partial charge in [0.1, 0.15) is 27.9 Å². The second-order valence-electron chi connectivity index (χ2n) is 12.3. The van der Waals surface area contributed by atoms with Crippen LogP contribution in [0.5, 0.6) is 0 Å². The zero-order valence-corrected chi connectivity index (χ0v) is 24.0. The Labute approximate surface area is 234 Å². The highest BCUT2D eigenvalue weighted by Crippen LogP contribution is 2.52. The predicted octanol–water partition coefficient (Wildman–Crippen LogP) is 5.89.